The van der Waals surface area contributed by atoms with Crippen LogP contribution in [0.15, 0.2) is 36.7 Å². The van der Waals surface area contributed by atoms with Crippen LogP contribution in [0, 0.1) is 5.92 Å². The molecule has 1 aromatic carbocycles. The minimum Gasteiger partial charge on any atom is -0.396 e. The van der Waals surface area contributed by atoms with Crippen molar-refractivity contribution in [2.45, 2.75) is 13.3 Å². The van der Waals surface area contributed by atoms with E-state index in [0.29, 0.717) is 29.4 Å². The monoisotopic (exact) mass is 322 g/mol. The van der Waals surface area contributed by atoms with E-state index in [9.17, 15) is 4.79 Å². The Labute approximate surface area is 134 Å². The molecule has 0 saturated carbocycles. The lowest BCUT2D eigenvalue weighted by Crippen LogP contribution is -2.33. The lowest BCUT2D eigenvalue weighted by molar-refractivity contribution is 0.243. The molecule has 6 nitrogen and oxygen atoms in total. The predicted molar refractivity (Wildman–Crippen MR) is 86.5 cm³/mol. The van der Waals surface area contributed by atoms with Gasteiger partial charge in [-0.15, -0.1) is 0 Å². The van der Waals surface area contributed by atoms with Crippen molar-refractivity contribution in [1.29, 1.82) is 0 Å². The van der Waals surface area contributed by atoms with Crippen LogP contribution in [0.4, 0.5) is 10.5 Å². The van der Waals surface area contributed by atoms with Crippen LogP contribution in [-0.4, -0.2) is 34.1 Å². The minimum absolute atomic E-state index is 0.113. The number of carbonyl (C=O) groups excluding carboxylic acids is 1. The van der Waals surface area contributed by atoms with Crippen molar-refractivity contribution >= 4 is 23.3 Å². The number of para-hydroxylation sites is 1. The maximum Gasteiger partial charge on any atom is 0.319 e. The third-order valence-electron chi connectivity index (χ3n) is 3.20. The van der Waals surface area contributed by atoms with Gasteiger partial charge in [0.1, 0.15) is 5.69 Å². The number of nitrogens with zero attached hydrogens (tertiary/aromatic N) is 2. The van der Waals surface area contributed by atoms with Gasteiger partial charge in [-0.05, 0) is 30.5 Å². The molecule has 0 spiro atoms. The summed E-state index contributed by atoms with van der Waals surface area (Å²) >= 11 is 6.21. The summed E-state index contributed by atoms with van der Waals surface area (Å²) in [5.41, 5.74) is 1.19. The van der Waals surface area contributed by atoms with Crippen molar-refractivity contribution in [3.8, 4) is 5.69 Å². The maximum atomic E-state index is 12.0. The third-order valence-corrected chi connectivity index (χ3v) is 3.51. The fourth-order valence-corrected chi connectivity index (χ4v) is 2.27. The summed E-state index contributed by atoms with van der Waals surface area (Å²) in [4.78, 5) is 12.0. The van der Waals surface area contributed by atoms with Crippen molar-refractivity contribution in [1.82, 2.24) is 15.1 Å². The number of aliphatic hydroxyl groups excluding tert-OH is 1. The SMILES string of the molecule is CC(CCO)CNC(=O)Nc1cccc(Cl)c1-n1cccn1. The third kappa shape index (κ3) is 4.22. The van der Waals surface area contributed by atoms with Gasteiger partial charge in [-0.2, -0.15) is 5.10 Å². The number of hydrogen-bond acceptors (Lipinski definition) is 3. The first kappa shape index (κ1) is 16.3. The van der Waals surface area contributed by atoms with E-state index in [1.54, 1.807) is 41.3 Å². The first-order chi connectivity index (χ1) is 10.6. The van der Waals surface area contributed by atoms with Gasteiger partial charge in [0.05, 0.1) is 10.7 Å². The average Bonchev–Trinajstić information content (AvgIpc) is 2.99. The molecule has 3 N–H and O–H groups in total. The summed E-state index contributed by atoms with van der Waals surface area (Å²) in [7, 11) is 0. The van der Waals surface area contributed by atoms with E-state index in [2.05, 4.69) is 15.7 Å². The molecule has 118 valence electrons. The number of benzene rings is 1. The molecule has 0 radical (unpaired) electrons. The van der Waals surface area contributed by atoms with Gasteiger partial charge in [0.2, 0.25) is 0 Å². The molecule has 0 aliphatic rings. The number of aromatic nitrogens is 2. The second kappa shape index (κ2) is 7.82. The Bertz CT molecular complexity index is 616. The second-order valence-corrected chi connectivity index (χ2v) is 5.45. The average molecular weight is 323 g/mol. The zero-order valence-corrected chi connectivity index (χ0v) is 13.0. The van der Waals surface area contributed by atoms with Gasteiger partial charge in [0.15, 0.2) is 0 Å². The molecule has 0 aliphatic carbocycles. The number of nitrogens with one attached hydrogen (secondary N) is 2. The number of amides is 2. The van der Waals surface area contributed by atoms with Crippen LogP contribution in [0.1, 0.15) is 13.3 Å². The van der Waals surface area contributed by atoms with Crippen molar-refractivity contribution in [2.24, 2.45) is 5.92 Å². The van der Waals surface area contributed by atoms with Crippen molar-refractivity contribution in [3.05, 3.63) is 41.7 Å². The smallest absolute Gasteiger partial charge is 0.319 e. The molecule has 22 heavy (non-hydrogen) atoms. The van der Waals surface area contributed by atoms with Gasteiger partial charge in [-0.3, -0.25) is 0 Å². The number of aliphatic hydroxyl groups is 1. The fraction of sp³-hybridized carbons (Fsp3) is 0.333. The van der Waals surface area contributed by atoms with E-state index in [4.69, 9.17) is 16.7 Å². The first-order valence-corrected chi connectivity index (χ1v) is 7.44. The van der Waals surface area contributed by atoms with Crippen molar-refractivity contribution in [3.63, 3.8) is 0 Å². The number of hydrogen-bond donors (Lipinski definition) is 3. The summed E-state index contributed by atoms with van der Waals surface area (Å²) < 4.78 is 1.60. The molecule has 7 heteroatoms. The van der Waals surface area contributed by atoms with Crippen LogP contribution in [0.25, 0.3) is 5.69 Å². The molecule has 0 saturated heterocycles. The number of carbonyl (C=O) groups is 1. The number of halogens is 1. The zero-order chi connectivity index (χ0) is 15.9. The highest BCUT2D eigenvalue weighted by atomic mass is 35.5. The summed E-state index contributed by atoms with van der Waals surface area (Å²) in [5.74, 6) is 0.209. The van der Waals surface area contributed by atoms with Crippen LogP contribution >= 0.6 is 11.6 Å². The van der Waals surface area contributed by atoms with E-state index in [-0.39, 0.29) is 18.6 Å². The van der Waals surface area contributed by atoms with Crippen LogP contribution in [0.2, 0.25) is 5.02 Å². The topological polar surface area (TPSA) is 79.2 Å². The van der Waals surface area contributed by atoms with Crippen molar-refractivity contribution in [2.75, 3.05) is 18.5 Å². The van der Waals surface area contributed by atoms with Crippen molar-refractivity contribution < 1.29 is 9.90 Å². The highest BCUT2D eigenvalue weighted by Crippen LogP contribution is 2.27. The Morgan fingerprint density at radius 3 is 2.95 bits per heavy atom. The summed E-state index contributed by atoms with van der Waals surface area (Å²) in [6, 6.07) is 6.73. The fourth-order valence-electron chi connectivity index (χ4n) is 2.01. The van der Waals surface area contributed by atoms with E-state index in [0.717, 1.165) is 0 Å². The molecular weight excluding hydrogens is 304 g/mol. The number of urea groups is 1. The molecule has 1 heterocycles. The lowest BCUT2D eigenvalue weighted by atomic mass is 10.1. The van der Waals surface area contributed by atoms with Gasteiger partial charge < -0.3 is 15.7 Å². The van der Waals surface area contributed by atoms with Crippen LogP contribution in [0.3, 0.4) is 0 Å². The Balaban J connectivity index is 2.07. The molecule has 2 rings (SSSR count). The van der Waals surface area contributed by atoms with E-state index in [1.807, 2.05) is 6.92 Å². The van der Waals surface area contributed by atoms with Gasteiger partial charge in [-0.25, -0.2) is 9.48 Å². The Morgan fingerprint density at radius 2 is 2.27 bits per heavy atom. The summed E-state index contributed by atoms with van der Waals surface area (Å²) in [5, 5.41) is 19.1. The molecule has 2 aromatic rings. The largest absolute Gasteiger partial charge is 0.396 e. The van der Waals surface area contributed by atoms with Gasteiger partial charge in [0, 0.05) is 25.5 Å². The van der Waals surface area contributed by atoms with E-state index in [1.165, 1.54) is 0 Å². The van der Waals surface area contributed by atoms with Crippen LogP contribution in [0.5, 0.6) is 0 Å². The molecular formula is C15H19ClN4O2. The highest BCUT2D eigenvalue weighted by molar-refractivity contribution is 6.33. The lowest BCUT2D eigenvalue weighted by Gasteiger charge is -2.15. The molecule has 2 amide bonds. The van der Waals surface area contributed by atoms with Gasteiger partial charge in [-0.1, -0.05) is 24.6 Å². The quantitative estimate of drug-likeness (QED) is 0.765. The van der Waals surface area contributed by atoms with E-state index < -0.39 is 0 Å². The Kier molecular flexibility index (Phi) is 5.80. The molecule has 0 fully saturated rings. The van der Waals surface area contributed by atoms with E-state index >= 15 is 0 Å². The molecule has 0 bridgehead atoms. The second-order valence-electron chi connectivity index (χ2n) is 5.04. The minimum atomic E-state index is -0.319. The standard InChI is InChI=1S/C15H19ClN4O2/c1-11(6-9-21)10-17-15(22)19-13-5-2-4-12(16)14(13)20-8-3-7-18-20/h2-5,7-8,11,21H,6,9-10H2,1H3,(H2,17,19,22). The Morgan fingerprint density at radius 1 is 1.45 bits per heavy atom. The van der Waals surface area contributed by atoms with Crippen LogP contribution in [-0.2, 0) is 0 Å². The number of anilines is 1. The maximum absolute atomic E-state index is 12.0. The van der Waals surface area contributed by atoms with Gasteiger partial charge >= 0.3 is 6.03 Å². The highest BCUT2D eigenvalue weighted by Gasteiger charge is 2.12. The first-order valence-electron chi connectivity index (χ1n) is 7.06. The molecule has 1 atom stereocenters. The Hall–Kier alpha value is -2.05. The predicted octanol–water partition coefficient (Wildman–Crippen LogP) is 2.67. The molecule has 0 aliphatic heterocycles. The van der Waals surface area contributed by atoms with Crippen LogP contribution < -0.4 is 10.6 Å². The van der Waals surface area contributed by atoms with Gasteiger partial charge in [0.25, 0.3) is 0 Å². The summed E-state index contributed by atoms with van der Waals surface area (Å²) in [6.45, 7) is 2.57. The number of rotatable bonds is 6. The normalized spacial score (nSPS) is 12.0. The summed E-state index contributed by atoms with van der Waals surface area (Å²) in [6.07, 6.45) is 4.05. The molecule has 1 aromatic heterocycles. The zero-order valence-electron chi connectivity index (χ0n) is 12.3. The molecule has 1 unspecified atom stereocenters.